The lowest BCUT2D eigenvalue weighted by molar-refractivity contribution is 1.55. The highest BCUT2D eigenvalue weighted by molar-refractivity contribution is 14.1. The SMILES string of the molecule is Brc1ccc(I)cc1-c1ccccc1. The first-order valence-corrected chi connectivity index (χ1v) is 6.15. The van der Waals surface area contributed by atoms with Crippen molar-refractivity contribution in [1.29, 1.82) is 0 Å². The third-order valence-corrected chi connectivity index (χ3v) is 3.38. The molecule has 0 aromatic heterocycles. The van der Waals surface area contributed by atoms with Crippen molar-refractivity contribution in [2.45, 2.75) is 0 Å². The number of hydrogen-bond donors (Lipinski definition) is 0. The van der Waals surface area contributed by atoms with Crippen LogP contribution in [0.4, 0.5) is 0 Å². The van der Waals surface area contributed by atoms with Gasteiger partial charge in [0.15, 0.2) is 0 Å². The van der Waals surface area contributed by atoms with Gasteiger partial charge in [-0.15, -0.1) is 0 Å². The van der Waals surface area contributed by atoms with Crippen LogP contribution in [-0.4, -0.2) is 0 Å². The van der Waals surface area contributed by atoms with Gasteiger partial charge in [0.2, 0.25) is 0 Å². The van der Waals surface area contributed by atoms with E-state index in [0.717, 1.165) is 4.47 Å². The molecule has 0 heterocycles. The van der Waals surface area contributed by atoms with Crippen molar-refractivity contribution >= 4 is 38.5 Å². The van der Waals surface area contributed by atoms with Crippen LogP contribution in [0.5, 0.6) is 0 Å². The van der Waals surface area contributed by atoms with Gasteiger partial charge < -0.3 is 0 Å². The number of halogens is 2. The van der Waals surface area contributed by atoms with E-state index in [1.807, 2.05) is 6.07 Å². The van der Waals surface area contributed by atoms with Crippen LogP contribution in [0.1, 0.15) is 0 Å². The van der Waals surface area contributed by atoms with E-state index in [0.29, 0.717) is 0 Å². The summed E-state index contributed by atoms with van der Waals surface area (Å²) in [6.07, 6.45) is 0. The van der Waals surface area contributed by atoms with Gasteiger partial charge in [0, 0.05) is 8.04 Å². The second-order valence-electron chi connectivity index (χ2n) is 2.99. The Kier molecular flexibility index (Phi) is 3.23. The molecule has 2 heteroatoms. The summed E-state index contributed by atoms with van der Waals surface area (Å²) >= 11 is 5.89. The largest absolute Gasteiger partial charge is 0.0622 e. The highest BCUT2D eigenvalue weighted by Crippen LogP contribution is 2.29. The van der Waals surface area contributed by atoms with Gasteiger partial charge in [-0.3, -0.25) is 0 Å². The Bertz CT molecular complexity index is 437. The van der Waals surface area contributed by atoms with Crippen molar-refractivity contribution < 1.29 is 0 Å². The van der Waals surface area contributed by atoms with E-state index in [2.05, 4.69) is 81.0 Å². The molecule has 0 N–H and O–H groups in total. The molecule has 0 fully saturated rings. The summed E-state index contributed by atoms with van der Waals surface area (Å²) in [5.74, 6) is 0. The summed E-state index contributed by atoms with van der Waals surface area (Å²) in [5.41, 5.74) is 2.50. The summed E-state index contributed by atoms with van der Waals surface area (Å²) in [6, 6.07) is 16.8. The molecule has 0 saturated carbocycles. The molecule has 2 aromatic rings. The second-order valence-corrected chi connectivity index (χ2v) is 5.09. The second kappa shape index (κ2) is 4.45. The monoisotopic (exact) mass is 358 g/mol. The highest BCUT2D eigenvalue weighted by atomic mass is 127. The van der Waals surface area contributed by atoms with Crippen LogP contribution in [0.3, 0.4) is 0 Å². The van der Waals surface area contributed by atoms with Crippen LogP contribution in [-0.2, 0) is 0 Å². The molecule has 0 unspecified atom stereocenters. The lowest BCUT2D eigenvalue weighted by atomic mass is 10.1. The van der Waals surface area contributed by atoms with Gasteiger partial charge in [0.1, 0.15) is 0 Å². The summed E-state index contributed by atoms with van der Waals surface area (Å²) in [5, 5.41) is 0. The zero-order valence-corrected chi connectivity index (χ0v) is 11.1. The zero-order chi connectivity index (χ0) is 9.97. The summed E-state index contributed by atoms with van der Waals surface area (Å²) < 4.78 is 2.40. The van der Waals surface area contributed by atoms with Gasteiger partial charge in [-0.2, -0.15) is 0 Å². The fourth-order valence-electron chi connectivity index (χ4n) is 1.34. The molecule has 0 amide bonds. The first-order chi connectivity index (χ1) is 6.77. The van der Waals surface area contributed by atoms with Gasteiger partial charge >= 0.3 is 0 Å². The van der Waals surface area contributed by atoms with Gasteiger partial charge in [-0.1, -0.05) is 46.3 Å². The zero-order valence-electron chi connectivity index (χ0n) is 7.37. The number of rotatable bonds is 1. The van der Waals surface area contributed by atoms with Crippen molar-refractivity contribution in [3.8, 4) is 11.1 Å². The minimum Gasteiger partial charge on any atom is -0.0622 e. The van der Waals surface area contributed by atoms with Crippen LogP contribution in [0, 0.1) is 3.57 Å². The van der Waals surface area contributed by atoms with E-state index in [1.54, 1.807) is 0 Å². The fourth-order valence-corrected chi connectivity index (χ4v) is 2.30. The maximum atomic E-state index is 3.56. The predicted molar refractivity (Wildman–Crippen MR) is 72.3 cm³/mol. The molecule has 0 bridgehead atoms. The van der Waals surface area contributed by atoms with E-state index < -0.39 is 0 Å². The molecule has 0 nitrogen and oxygen atoms in total. The van der Waals surface area contributed by atoms with E-state index in [-0.39, 0.29) is 0 Å². The van der Waals surface area contributed by atoms with Crippen LogP contribution in [0.15, 0.2) is 53.0 Å². The molecule has 0 atom stereocenters. The summed E-state index contributed by atoms with van der Waals surface area (Å²) in [7, 11) is 0. The van der Waals surface area contributed by atoms with Crippen molar-refractivity contribution in [3.05, 3.63) is 56.6 Å². The minimum absolute atomic E-state index is 1.14. The standard InChI is InChI=1S/C12H8BrI/c13-12-7-6-10(14)8-11(12)9-4-2-1-3-5-9/h1-8H. The number of benzene rings is 2. The molecule has 70 valence electrons. The van der Waals surface area contributed by atoms with Crippen LogP contribution < -0.4 is 0 Å². The average molecular weight is 359 g/mol. The molecular formula is C12H8BrI. The Morgan fingerprint density at radius 2 is 1.64 bits per heavy atom. The van der Waals surface area contributed by atoms with E-state index in [4.69, 9.17) is 0 Å². The number of hydrogen-bond acceptors (Lipinski definition) is 0. The van der Waals surface area contributed by atoms with Crippen molar-refractivity contribution in [3.63, 3.8) is 0 Å². The Morgan fingerprint density at radius 1 is 0.929 bits per heavy atom. The Morgan fingerprint density at radius 3 is 2.36 bits per heavy atom. The Labute approximate surface area is 106 Å². The Balaban J connectivity index is 2.57. The van der Waals surface area contributed by atoms with E-state index >= 15 is 0 Å². The maximum absolute atomic E-state index is 3.56. The van der Waals surface area contributed by atoms with Crippen LogP contribution in [0.2, 0.25) is 0 Å². The molecule has 14 heavy (non-hydrogen) atoms. The van der Waals surface area contributed by atoms with E-state index in [9.17, 15) is 0 Å². The highest BCUT2D eigenvalue weighted by Gasteiger charge is 2.02. The third kappa shape index (κ3) is 2.17. The molecule has 0 radical (unpaired) electrons. The minimum atomic E-state index is 1.14. The molecule has 2 rings (SSSR count). The average Bonchev–Trinajstić information content (AvgIpc) is 2.23. The van der Waals surface area contributed by atoms with Crippen molar-refractivity contribution in [1.82, 2.24) is 0 Å². The molecule has 0 spiro atoms. The molecule has 0 aliphatic heterocycles. The molecule has 0 saturated heterocycles. The summed E-state index contributed by atoms with van der Waals surface area (Å²) in [6.45, 7) is 0. The smallest absolute Gasteiger partial charge is 0.0254 e. The lowest BCUT2D eigenvalue weighted by Crippen LogP contribution is -1.80. The lowest BCUT2D eigenvalue weighted by Gasteiger charge is -2.04. The first kappa shape index (κ1) is 10.2. The first-order valence-electron chi connectivity index (χ1n) is 4.28. The molecule has 0 aliphatic rings. The van der Waals surface area contributed by atoms with Crippen LogP contribution >= 0.6 is 38.5 Å². The predicted octanol–water partition coefficient (Wildman–Crippen LogP) is 4.72. The topological polar surface area (TPSA) is 0 Å². The maximum Gasteiger partial charge on any atom is 0.0254 e. The molecule has 0 aliphatic carbocycles. The van der Waals surface area contributed by atoms with Gasteiger partial charge in [0.25, 0.3) is 0 Å². The quantitative estimate of drug-likeness (QED) is 0.647. The summed E-state index contributed by atoms with van der Waals surface area (Å²) in [4.78, 5) is 0. The van der Waals surface area contributed by atoms with Gasteiger partial charge in [-0.25, -0.2) is 0 Å². The van der Waals surface area contributed by atoms with Crippen LogP contribution in [0.25, 0.3) is 11.1 Å². The third-order valence-electron chi connectivity index (χ3n) is 2.01. The van der Waals surface area contributed by atoms with Gasteiger partial charge in [0.05, 0.1) is 0 Å². The normalized spacial score (nSPS) is 10.1. The Hall–Kier alpha value is -0.350. The fraction of sp³-hybridized carbons (Fsp3) is 0. The molecule has 2 aromatic carbocycles. The van der Waals surface area contributed by atoms with Crippen molar-refractivity contribution in [2.75, 3.05) is 0 Å². The van der Waals surface area contributed by atoms with E-state index in [1.165, 1.54) is 14.7 Å². The molecular weight excluding hydrogens is 351 g/mol. The van der Waals surface area contributed by atoms with Crippen molar-refractivity contribution in [2.24, 2.45) is 0 Å². The van der Waals surface area contributed by atoms with Gasteiger partial charge in [-0.05, 0) is 51.9 Å².